The number of aryl methyl sites for hydroxylation is 1. The highest BCUT2D eigenvalue weighted by Gasteiger charge is 2.27. The fourth-order valence-corrected chi connectivity index (χ4v) is 4.66. The van der Waals surface area contributed by atoms with E-state index in [2.05, 4.69) is 46.3 Å². The van der Waals surface area contributed by atoms with Gasteiger partial charge in [0.1, 0.15) is 0 Å². The van der Waals surface area contributed by atoms with Crippen LogP contribution in [0.3, 0.4) is 0 Å². The molecule has 0 radical (unpaired) electrons. The number of para-hydroxylation sites is 2. The molecule has 7 heteroatoms. The van der Waals surface area contributed by atoms with E-state index in [-0.39, 0.29) is 18.0 Å². The molecule has 32 heavy (non-hydrogen) atoms. The Balaban J connectivity index is 1.39. The number of rotatable bonds is 4. The summed E-state index contributed by atoms with van der Waals surface area (Å²) in [4.78, 5) is 31.5. The van der Waals surface area contributed by atoms with Gasteiger partial charge in [-0.2, -0.15) is 0 Å². The maximum Gasteiger partial charge on any atom is 0.407 e. The Labute approximate surface area is 189 Å². The smallest absolute Gasteiger partial charge is 0.407 e. The fraction of sp³-hybridized carbons (Fsp3) is 0.440. The van der Waals surface area contributed by atoms with Crippen LogP contribution in [0.15, 0.2) is 48.5 Å². The molecule has 2 aliphatic heterocycles. The van der Waals surface area contributed by atoms with E-state index in [9.17, 15) is 9.59 Å². The number of anilines is 2. The first-order valence-electron chi connectivity index (χ1n) is 11.3. The molecule has 0 aliphatic carbocycles. The third-order valence-electron chi connectivity index (χ3n) is 6.50. The number of methoxy groups -OCH3 is 1. The Hall–Kier alpha value is -3.22. The van der Waals surface area contributed by atoms with Gasteiger partial charge >= 0.3 is 6.09 Å². The summed E-state index contributed by atoms with van der Waals surface area (Å²) >= 11 is 0. The molecule has 0 bridgehead atoms. The highest BCUT2D eigenvalue weighted by molar-refractivity contribution is 6.00. The van der Waals surface area contributed by atoms with Gasteiger partial charge in [-0.1, -0.05) is 30.3 Å². The van der Waals surface area contributed by atoms with E-state index in [1.165, 1.54) is 18.4 Å². The second-order valence-electron chi connectivity index (χ2n) is 8.48. The van der Waals surface area contributed by atoms with Crippen molar-refractivity contribution in [1.82, 2.24) is 10.2 Å². The van der Waals surface area contributed by atoms with Crippen molar-refractivity contribution < 1.29 is 14.3 Å². The Bertz CT molecular complexity index is 948. The first-order chi connectivity index (χ1) is 15.6. The Kier molecular flexibility index (Phi) is 6.83. The van der Waals surface area contributed by atoms with Crippen LogP contribution in [-0.2, 0) is 4.74 Å². The zero-order valence-electron chi connectivity index (χ0n) is 18.9. The Morgan fingerprint density at radius 2 is 1.44 bits per heavy atom. The van der Waals surface area contributed by atoms with Crippen LogP contribution < -0.4 is 15.1 Å². The van der Waals surface area contributed by atoms with Gasteiger partial charge in [-0.25, -0.2) is 4.79 Å². The molecule has 4 rings (SSSR count). The molecule has 1 N–H and O–H groups in total. The molecule has 0 aromatic heterocycles. The number of ether oxygens (including phenoxy) is 1. The van der Waals surface area contributed by atoms with E-state index in [0.717, 1.165) is 50.3 Å². The van der Waals surface area contributed by atoms with Gasteiger partial charge in [0, 0.05) is 56.7 Å². The molecule has 0 saturated carbocycles. The molecular formula is C25H32N4O3. The molecule has 2 aliphatic rings. The lowest BCUT2D eigenvalue weighted by atomic mass is 10.0. The number of nitrogens with zero attached hydrogens (tertiary/aromatic N) is 3. The Morgan fingerprint density at radius 3 is 2.09 bits per heavy atom. The van der Waals surface area contributed by atoms with E-state index < -0.39 is 0 Å². The molecular weight excluding hydrogens is 404 g/mol. The number of hydrogen-bond acceptors (Lipinski definition) is 5. The number of piperazine rings is 1. The molecule has 2 heterocycles. The summed E-state index contributed by atoms with van der Waals surface area (Å²) in [6, 6.07) is 16.4. The van der Waals surface area contributed by atoms with E-state index in [0.29, 0.717) is 13.1 Å². The maximum atomic E-state index is 13.4. The highest BCUT2D eigenvalue weighted by Crippen LogP contribution is 2.27. The van der Waals surface area contributed by atoms with Crippen LogP contribution >= 0.6 is 0 Å². The monoisotopic (exact) mass is 436 g/mol. The van der Waals surface area contributed by atoms with Crippen molar-refractivity contribution in [2.24, 2.45) is 0 Å². The number of benzene rings is 2. The fourth-order valence-electron chi connectivity index (χ4n) is 4.66. The first-order valence-corrected chi connectivity index (χ1v) is 11.3. The van der Waals surface area contributed by atoms with E-state index >= 15 is 0 Å². The van der Waals surface area contributed by atoms with Gasteiger partial charge in [-0.05, 0) is 43.5 Å². The molecule has 2 aromatic carbocycles. The molecule has 0 spiro atoms. The summed E-state index contributed by atoms with van der Waals surface area (Å²) < 4.78 is 4.71. The number of piperidine rings is 1. The topological polar surface area (TPSA) is 65.1 Å². The van der Waals surface area contributed by atoms with Gasteiger partial charge in [0.15, 0.2) is 0 Å². The number of hydrogen-bond donors (Lipinski definition) is 1. The van der Waals surface area contributed by atoms with Crippen LogP contribution in [0, 0.1) is 6.92 Å². The molecule has 2 saturated heterocycles. The number of alkyl carbamates (subject to hydrolysis) is 1. The van der Waals surface area contributed by atoms with E-state index in [1.54, 1.807) is 0 Å². The largest absolute Gasteiger partial charge is 0.453 e. The van der Waals surface area contributed by atoms with Gasteiger partial charge in [0.2, 0.25) is 0 Å². The van der Waals surface area contributed by atoms with Crippen LogP contribution in [0.4, 0.5) is 16.2 Å². The minimum Gasteiger partial charge on any atom is -0.453 e. The van der Waals surface area contributed by atoms with Gasteiger partial charge in [-0.15, -0.1) is 0 Å². The van der Waals surface area contributed by atoms with Crippen molar-refractivity contribution in [3.8, 4) is 0 Å². The van der Waals surface area contributed by atoms with Crippen LogP contribution in [0.5, 0.6) is 0 Å². The lowest BCUT2D eigenvalue weighted by molar-refractivity contribution is 0.0747. The van der Waals surface area contributed by atoms with Crippen LogP contribution in [0.2, 0.25) is 0 Å². The van der Waals surface area contributed by atoms with E-state index in [4.69, 9.17) is 4.74 Å². The average Bonchev–Trinajstić information content (AvgIpc) is 2.84. The van der Waals surface area contributed by atoms with Crippen molar-refractivity contribution in [3.63, 3.8) is 0 Å². The zero-order chi connectivity index (χ0) is 22.5. The molecule has 2 aromatic rings. The number of nitrogens with one attached hydrogen (secondary N) is 1. The van der Waals surface area contributed by atoms with E-state index in [1.807, 2.05) is 29.2 Å². The average molecular weight is 437 g/mol. The molecule has 0 unspecified atom stereocenters. The summed E-state index contributed by atoms with van der Waals surface area (Å²) in [7, 11) is 1.38. The summed E-state index contributed by atoms with van der Waals surface area (Å²) in [5.74, 6) is 0.0971. The number of carbonyl (C=O) groups is 2. The Morgan fingerprint density at radius 1 is 0.844 bits per heavy atom. The van der Waals surface area contributed by atoms with Gasteiger partial charge in [0.25, 0.3) is 5.91 Å². The predicted octanol–water partition coefficient (Wildman–Crippen LogP) is 3.28. The molecule has 170 valence electrons. The van der Waals surface area contributed by atoms with Crippen molar-refractivity contribution in [2.45, 2.75) is 25.8 Å². The third-order valence-corrected chi connectivity index (χ3v) is 6.50. The highest BCUT2D eigenvalue weighted by atomic mass is 16.5. The minimum absolute atomic E-state index is 0.0971. The normalized spacial score (nSPS) is 17.2. The summed E-state index contributed by atoms with van der Waals surface area (Å²) in [6.07, 6.45) is 1.27. The summed E-state index contributed by atoms with van der Waals surface area (Å²) in [6.45, 7) is 6.82. The van der Waals surface area contributed by atoms with Gasteiger partial charge in [-0.3, -0.25) is 4.79 Å². The maximum absolute atomic E-state index is 13.4. The van der Waals surface area contributed by atoms with Gasteiger partial charge < -0.3 is 24.8 Å². The minimum atomic E-state index is -0.385. The summed E-state index contributed by atoms with van der Waals surface area (Å²) in [5, 5.41) is 2.88. The lowest BCUT2D eigenvalue weighted by Gasteiger charge is -2.38. The molecule has 7 nitrogen and oxygen atoms in total. The zero-order valence-corrected chi connectivity index (χ0v) is 18.9. The van der Waals surface area contributed by atoms with Gasteiger partial charge in [0.05, 0.1) is 12.7 Å². The SMILES string of the molecule is COC(=O)NC1CCN(c2ccccc2C(=O)N2CCN(c3ccccc3C)CC2)CC1. The standard InChI is InChI=1S/C25H32N4O3/c1-19-7-3-5-9-22(19)28-15-17-29(18-16-28)24(30)21-8-4-6-10-23(21)27-13-11-20(12-14-27)26-25(31)32-2/h3-10,20H,11-18H2,1-2H3,(H,26,31). The molecule has 2 fully saturated rings. The van der Waals surface area contributed by atoms with Crippen molar-refractivity contribution >= 4 is 23.4 Å². The second kappa shape index (κ2) is 9.94. The second-order valence-corrected chi connectivity index (χ2v) is 8.48. The summed E-state index contributed by atoms with van der Waals surface area (Å²) in [5.41, 5.74) is 4.26. The number of carbonyl (C=O) groups excluding carboxylic acids is 2. The quantitative estimate of drug-likeness (QED) is 0.797. The van der Waals surface area contributed by atoms with Crippen LogP contribution in [0.25, 0.3) is 0 Å². The lowest BCUT2D eigenvalue weighted by Crippen LogP contribution is -2.49. The van der Waals surface area contributed by atoms with Crippen LogP contribution in [-0.4, -0.2) is 69.3 Å². The van der Waals surface area contributed by atoms with Crippen molar-refractivity contribution in [1.29, 1.82) is 0 Å². The number of amides is 2. The molecule has 0 atom stereocenters. The molecule has 2 amide bonds. The predicted molar refractivity (Wildman–Crippen MR) is 127 cm³/mol. The van der Waals surface area contributed by atoms with Crippen LogP contribution in [0.1, 0.15) is 28.8 Å². The first kappa shape index (κ1) is 22.0. The van der Waals surface area contributed by atoms with Crippen molar-refractivity contribution in [2.75, 3.05) is 56.2 Å². The van der Waals surface area contributed by atoms with Crippen molar-refractivity contribution in [3.05, 3.63) is 59.7 Å². The third kappa shape index (κ3) is 4.82.